The van der Waals surface area contributed by atoms with E-state index >= 15 is 0 Å². The van der Waals surface area contributed by atoms with Gasteiger partial charge in [-0.05, 0) is 38.2 Å². The van der Waals surface area contributed by atoms with Crippen LogP contribution < -0.4 is 16.8 Å². The summed E-state index contributed by atoms with van der Waals surface area (Å²) in [6, 6.07) is 8.99. The summed E-state index contributed by atoms with van der Waals surface area (Å²) < 4.78 is 6.85. The average Bonchev–Trinajstić information content (AvgIpc) is 3.39. The number of primary amides is 1. The number of hydrogen-bond donors (Lipinski definition) is 3. The van der Waals surface area contributed by atoms with Crippen LogP contribution in [0.15, 0.2) is 34.9 Å². The van der Waals surface area contributed by atoms with Crippen molar-refractivity contribution in [3.63, 3.8) is 0 Å². The maximum absolute atomic E-state index is 12.4. The molecule has 32 heavy (non-hydrogen) atoms. The molecule has 2 amide bonds. The highest BCUT2D eigenvalue weighted by Crippen LogP contribution is 2.42. The van der Waals surface area contributed by atoms with Crippen molar-refractivity contribution >= 4 is 23.5 Å². The van der Waals surface area contributed by atoms with E-state index < -0.39 is 5.91 Å². The highest BCUT2D eigenvalue weighted by Gasteiger charge is 2.31. The third kappa shape index (κ3) is 4.37. The van der Waals surface area contributed by atoms with Gasteiger partial charge in [0.25, 0.3) is 5.91 Å². The van der Waals surface area contributed by atoms with Crippen molar-refractivity contribution in [2.24, 2.45) is 11.7 Å². The molecule has 0 saturated heterocycles. The molecule has 1 unspecified atom stereocenters. The molecule has 168 valence electrons. The molecule has 5 N–H and O–H groups in total. The number of nitrogens with two attached hydrogens (primary N) is 2. The summed E-state index contributed by atoms with van der Waals surface area (Å²) in [5.41, 5.74) is 14.6. The number of carbonyl (C=O) groups excluding carboxylic acids is 2. The van der Waals surface area contributed by atoms with E-state index in [-0.39, 0.29) is 29.8 Å². The highest BCUT2D eigenvalue weighted by atomic mass is 16.5. The minimum absolute atomic E-state index is 0.0197. The van der Waals surface area contributed by atoms with Gasteiger partial charge in [0, 0.05) is 23.6 Å². The lowest BCUT2D eigenvalue weighted by atomic mass is 10.0. The van der Waals surface area contributed by atoms with Crippen molar-refractivity contribution in [2.45, 2.75) is 52.0 Å². The van der Waals surface area contributed by atoms with Crippen LogP contribution >= 0.6 is 0 Å². The number of nitrogens with zero attached hydrogens (tertiary/aromatic N) is 3. The number of nitrogens with one attached hydrogen (secondary N) is 1. The van der Waals surface area contributed by atoms with Crippen molar-refractivity contribution in [3.05, 3.63) is 47.2 Å². The number of rotatable bonds is 8. The maximum atomic E-state index is 12.4. The molecular formula is C23H28N6O3. The van der Waals surface area contributed by atoms with Crippen molar-refractivity contribution in [2.75, 3.05) is 11.1 Å². The molecule has 2 heterocycles. The first kappa shape index (κ1) is 21.6. The highest BCUT2D eigenvalue weighted by molar-refractivity contribution is 6.03. The van der Waals surface area contributed by atoms with Gasteiger partial charge in [-0.15, -0.1) is 0 Å². The van der Waals surface area contributed by atoms with Crippen LogP contribution in [0.5, 0.6) is 0 Å². The first-order valence-electron chi connectivity index (χ1n) is 10.8. The molecule has 9 heteroatoms. The molecule has 1 atom stereocenters. The van der Waals surface area contributed by atoms with Gasteiger partial charge < -0.3 is 16.0 Å². The standard InChI is InChI=1S/C23H28N6O3/c1-12(2)29-22(24)20(23(25)31)21(27-29)16-6-4-14(5-7-16)10-18(30)26-19-11-17(28-32-19)13(3)15-8-9-15/h4-7,11-13,15H,8-10,24H2,1-3H3,(H2,25,31)(H,26,30). The number of amides is 2. The number of carbonyl (C=O) groups is 2. The molecular weight excluding hydrogens is 408 g/mol. The maximum Gasteiger partial charge on any atom is 0.254 e. The summed E-state index contributed by atoms with van der Waals surface area (Å²) >= 11 is 0. The van der Waals surface area contributed by atoms with E-state index in [1.54, 1.807) is 22.9 Å². The molecule has 1 aliphatic carbocycles. The van der Waals surface area contributed by atoms with Crippen molar-refractivity contribution in [1.82, 2.24) is 14.9 Å². The van der Waals surface area contributed by atoms with E-state index in [1.807, 2.05) is 26.0 Å². The van der Waals surface area contributed by atoms with Crippen molar-refractivity contribution in [1.29, 1.82) is 0 Å². The Morgan fingerprint density at radius 2 is 1.91 bits per heavy atom. The van der Waals surface area contributed by atoms with Gasteiger partial charge in [-0.25, -0.2) is 4.68 Å². The average molecular weight is 437 g/mol. The van der Waals surface area contributed by atoms with Crippen molar-refractivity contribution < 1.29 is 14.1 Å². The van der Waals surface area contributed by atoms with E-state index in [0.717, 1.165) is 11.3 Å². The molecule has 2 aromatic heterocycles. The van der Waals surface area contributed by atoms with Crippen LogP contribution in [0.4, 0.5) is 11.7 Å². The predicted molar refractivity (Wildman–Crippen MR) is 121 cm³/mol. The fourth-order valence-corrected chi connectivity index (χ4v) is 3.83. The molecule has 0 radical (unpaired) electrons. The van der Waals surface area contributed by atoms with Gasteiger partial charge in [0.1, 0.15) is 17.1 Å². The second-order valence-electron chi connectivity index (χ2n) is 8.68. The summed E-state index contributed by atoms with van der Waals surface area (Å²) in [6.07, 6.45) is 2.60. The SMILES string of the molecule is CC(c1cc(NC(=O)Cc2ccc(-c3nn(C(C)C)c(N)c3C(N)=O)cc2)on1)C1CC1. The Kier molecular flexibility index (Phi) is 5.73. The molecule has 1 saturated carbocycles. The number of anilines is 2. The predicted octanol–water partition coefficient (Wildman–Crippen LogP) is 3.49. The van der Waals surface area contributed by atoms with Gasteiger partial charge in [0.05, 0.1) is 12.1 Å². The molecule has 1 aliphatic rings. The first-order chi connectivity index (χ1) is 15.2. The van der Waals surface area contributed by atoms with Gasteiger partial charge in [-0.1, -0.05) is 36.3 Å². The lowest BCUT2D eigenvalue weighted by molar-refractivity contribution is -0.115. The lowest BCUT2D eigenvalue weighted by Gasteiger charge is -2.07. The summed E-state index contributed by atoms with van der Waals surface area (Å²) in [6.45, 7) is 5.97. The third-order valence-electron chi connectivity index (χ3n) is 5.86. The van der Waals surface area contributed by atoms with Gasteiger partial charge in [-0.3, -0.25) is 14.9 Å². The fraction of sp³-hybridized carbons (Fsp3) is 0.391. The Balaban J connectivity index is 1.45. The molecule has 4 rings (SSSR count). The Morgan fingerprint density at radius 3 is 2.50 bits per heavy atom. The fourth-order valence-electron chi connectivity index (χ4n) is 3.83. The second kappa shape index (κ2) is 8.49. The van der Waals surface area contributed by atoms with Crippen LogP contribution in [0, 0.1) is 5.92 Å². The summed E-state index contributed by atoms with van der Waals surface area (Å²) in [5.74, 6) is 0.777. The third-order valence-corrected chi connectivity index (χ3v) is 5.86. The summed E-state index contributed by atoms with van der Waals surface area (Å²) in [5, 5.41) is 11.3. The van der Waals surface area contributed by atoms with Crippen LogP contribution in [-0.2, 0) is 11.2 Å². The molecule has 1 fully saturated rings. The lowest BCUT2D eigenvalue weighted by Crippen LogP contribution is -2.15. The normalized spacial score (nSPS) is 14.5. The smallest absolute Gasteiger partial charge is 0.254 e. The van der Waals surface area contributed by atoms with Gasteiger partial charge in [0.2, 0.25) is 11.8 Å². The minimum atomic E-state index is -0.629. The molecule has 1 aromatic carbocycles. The minimum Gasteiger partial charge on any atom is -0.383 e. The van der Waals surface area contributed by atoms with E-state index in [0.29, 0.717) is 29.0 Å². The van der Waals surface area contributed by atoms with Crippen LogP contribution in [0.2, 0.25) is 0 Å². The van der Waals surface area contributed by atoms with Crippen LogP contribution in [0.25, 0.3) is 11.3 Å². The second-order valence-corrected chi connectivity index (χ2v) is 8.68. The first-order valence-corrected chi connectivity index (χ1v) is 10.8. The number of nitrogen functional groups attached to an aromatic ring is 1. The van der Waals surface area contributed by atoms with Crippen LogP contribution in [0.3, 0.4) is 0 Å². The van der Waals surface area contributed by atoms with E-state index in [4.69, 9.17) is 16.0 Å². The Bertz CT molecular complexity index is 1140. The van der Waals surface area contributed by atoms with Crippen molar-refractivity contribution in [3.8, 4) is 11.3 Å². The van der Waals surface area contributed by atoms with Gasteiger partial charge in [-0.2, -0.15) is 5.10 Å². The monoisotopic (exact) mass is 436 g/mol. The zero-order chi connectivity index (χ0) is 23.0. The quantitative estimate of drug-likeness (QED) is 0.493. The van der Waals surface area contributed by atoms with E-state index in [9.17, 15) is 9.59 Å². The topological polar surface area (TPSA) is 142 Å². The van der Waals surface area contributed by atoms with Crippen LogP contribution in [-0.4, -0.2) is 26.8 Å². The zero-order valence-electron chi connectivity index (χ0n) is 18.5. The van der Waals surface area contributed by atoms with E-state index in [1.165, 1.54) is 12.8 Å². The Labute approximate surface area is 186 Å². The van der Waals surface area contributed by atoms with E-state index in [2.05, 4.69) is 22.5 Å². The summed E-state index contributed by atoms with van der Waals surface area (Å²) in [4.78, 5) is 24.4. The molecule has 0 aliphatic heterocycles. The number of benzene rings is 1. The Hall–Kier alpha value is -3.62. The number of aromatic nitrogens is 3. The van der Waals surface area contributed by atoms with Gasteiger partial charge >= 0.3 is 0 Å². The molecule has 0 spiro atoms. The summed E-state index contributed by atoms with van der Waals surface area (Å²) in [7, 11) is 0. The molecule has 0 bridgehead atoms. The van der Waals surface area contributed by atoms with Crippen LogP contribution in [0.1, 0.15) is 67.2 Å². The largest absolute Gasteiger partial charge is 0.383 e. The van der Waals surface area contributed by atoms with Gasteiger partial charge in [0.15, 0.2) is 0 Å². The zero-order valence-corrected chi connectivity index (χ0v) is 18.5. The molecule has 9 nitrogen and oxygen atoms in total. The Morgan fingerprint density at radius 1 is 1.22 bits per heavy atom. The number of hydrogen-bond acceptors (Lipinski definition) is 6. The molecule has 3 aromatic rings.